The first kappa shape index (κ1) is 21.6. The zero-order valence-electron chi connectivity index (χ0n) is 15.8. The van der Waals surface area contributed by atoms with Gasteiger partial charge in [0, 0.05) is 6.42 Å². The summed E-state index contributed by atoms with van der Waals surface area (Å²) in [6.07, 6.45) is 1.66. The molecule has 1 aromatic carbocycles. The lowest BCUT2D eigenvalue weighted by Crippen LogP contribution is -2.26. The Balaban J connectivity index is 1.90. The number of carboxylic acids is 1. The van der Waals surface area contributed by atoms with Crippen molar-refractivity contribution < 1.29 is 24.2 Å². The van der Waals surface area contributed by atoms with Crippen LogP contribution in [-0.4, -0.2) is 45.7 Å². The number of benzene rings is 1. The number of aliphatic carboxylic acids is 1. The number of hydrogen-bond donors (Lipinski definition) is 2. The molecule has 0 spiro atoms. The molecule has 0 radical (unpaired) electrons. The third kappa shape index (κ3) is 6.80. The molecule has 1 aromatic rings. The highest BCUT2D eigenvalue weighted by Crippen LogP contribution is 2.22. The van der Waals surface area contributed by atoms with Gasteiger partial charge in [0.1, 0.15) is 5.25 Å². The summed E-state index contributed by atoms with van der Waals surface area (Å²) in [5.41, 5.74) is 2.67. The summed E-state index contributed by atoms with van der Waals surface area (Å²) < 4.78 is 4.91. The van der Waals surface area contributed by atoms with Crippen LogP contribution in [0.4, 0.5) is 0 Å². The number of aryl methyl sites for hydroxylation is 1. The largest absolute Gasteiger partial charge is 0.481 e. The molecule has 1 aliphatic rings. The number of hydrogen-bond acceptors (Lipinski definition) is 7. The van der Waals surface area contributed by atoms with E-state index in [9.17, 15) is 14.4 Å². The highest BCUT2D eigenvalue weighted by atomic mass is 32.2. The van der Waals surface area contributed by atoms with Gasteiger partial charge in [0.2, 0.25) is 5.91 Å². The van der Waals surface area contributed by atoms with Crippen molar-refractivity contribution in [2.24, 2.45) is 10.2 Å². The minimum Gasteiger partial charge on any atom is -0.481 e. The zero-order chi connectivity index (χ0) is 20.5. The van der Waals surface area contributed by atoms with Crippen LogP contribution in [0.25, 0.3) is 0 Å². The van der Waals surface area contributed by atoms with E-state index in [1.165, 1.54) is 0 Å². The lowest BCUT2D eigenvalue weighted by atomic mass is 10.0. The first-order valence-corrected chi connectivity index (χ1v) is 9.83. The molecule has 8 nitrogen and oxygen atoms in total. The number of amides is 1. The molecule has 9 heteroatoms. The van der Waals surface area contributed by atoms with Crippen molar-refractivity contribution in [2.75, 3.05) is 6.61 Å². The number of carbonyl (C=O) groups is 3. The molecule has 1 heterocycles. The normalized spacial score (nSPS) is 18.2. The Labute approximate surface area is 167 Å². The first-order valence-electron chi connectivity index (χ1n) is 8.95. The number of nitrogens with one attached hydrogen (secondary N) is 1. The highest BCUT2D eigenvalue weighted by molar-refractivity contribution is 8.15. The molecule has 2 N–H and O–H groups in total. The topological polar surface area (TPSA) is 117 Å². The number of ether oxygens (including phenoxy) is 1. The number of amidine groups is 1. The van der Waals surface area contributed by atoms with Crippen molar-refractivity contribution >= 4 is 40.5 Å². The number of rotatable bonds is 9. The summed E-state index contributed by atoms with van der Waals surface area (Å²) in [6, 6.07) is 7.79. The Morgan fingerprint density at radius 3 is 2.64 bits per heavy atom. The Kier molecular flexibility index (Phi) is 8.19. The van der Waals surface area contributed by atoms with Crippen LogP contribution in [0.15, 0.2) is 34.5 Å². The molecule has 150 valence electrons. The van der Waals surface area contributed by atoms with Crippen LogP contribution in [-0.2, 0) is 25.5 Å². The molecule has 1 unspecified atom stereocenters. The van der Waals surface area contributed by atoms with E-state index in [2.05, 4.69) is 15.5 Å². The number of carboxylic acid groups (broad SMARTS) is 1. The van der Waals surface area contributed by atoms with E-state index in [1.54, 1.807) is 13.8 Å². The Morgan fingerprint density at radius 1 is 1.29 bits per heavy atom. The molecule has 2 rings (SSSR count). The number of thioether (sulfide) groups is 1. The molecular weight excluding hydrogens is 382 g/mol. The predicted octanol–water partition coefficient (Wildman–Crippen LogP) is 2.36. The quantitative estimate of drug-likeness (QED) is 0.370. The van der Waals surface area contributed by atoms with Gasteiger partial charge in [-0.1, -0.05) is 36.0 Å². The van der Waals surface area contributed by atoms with Crippen LogP contribution in [0.3, 0.4) is 0 Å². The molecule has 0 bridgehead atoms. The van der Waals surface area contributed by atoms with Crippen molar-refractivity contribution in [3.63, 3.8) is 0 Å². The van der Waals surface area contributed by atoms with Gasteiger partial charge in [-0.3, -0.25) is 14.4 Å². The highest BCUT2D eigenvalue weighted by Gasteiger charge is 2.32. The standard InChI is InChI=1S/C19H23N3O5S/c1-3-27-17(25)6-4-5-13-7-9-14(10-8-13)12(2)21-22-19-20-18(26)15(28-19)11-16(23)24/h7-10,15H,3-6,11H2,1-2H3,(H,23,24)(H,20,22,26)/b21-12-. The molecule has 0 aromatic heterocycles. The molecule has 1 saturated heterocycles. The predicted molar refractivity (Wildman–Crippen MR) is 107 cm³/mol. The van der Waals surface area contributed by atoms with Crippen LogP contribution in [0, 0.1) is 0 Å². The van der Waals surface area contributed by atoms with Crippen molar-refractivity contribution in [2.45, 2.75) is 44.8 Å². The maximum absolute atomic E-state index is 11.7. The fourth-order valence-corrected chi connectivity index (χ4v) is 3.41. The minimum absolute atomic E-state index is 0.177. The van der Waals surface area contributed by atoms with E-state index in [0.29, 0.717) is 23.9 Å². The van der Waals surface area contributed by atoms with E-state index >= 15 is 0 Å². The molecular formula is C19H23N3O5S. The molecule has 0 saturated carbocycles. The maximum atomic E-state index is 11.7. The van der Waals surface area contributed by atoms with Crippen molar-refractivity contribution in [3.8, 4) is 0 Å². The van der Waals surface area contributed by atoms with Gasteiger partial charge in [-0.25, -0.2) is 0 Å². The zero-order valence-corrected chi connectivity index (χ0v) is 16.6. The van der Waals surface area contributed by atoms with E-state index in [0.717, 1.165) is 35.7 Å². The van der Waals surface area contributed by atoms with Gasteiger partial charge in [0.25, 0.3) is 0 Å². The monoisotopic (exact) mass is 405 g/mol. The third-order valence-electron chi connectivity index (χ3n) is 3.95. The average Bonchev–Trinajstić information content (AvgIpc) is 2.99. The van der Waals surface area contributed by atoms with E-state index in [4.69, 9.17) is 9.84 Å². The Hall–Kier alpha value is -2.68. The lowest BCUT2D eigenvalue weighted by Gasteiger charge is -2.04. The first-order chi connectivity index (χ1) is 13.4. The van der Waals surface area contributed by atoms with Crippen LogP contribution in [0.1, 0.15) is 44.2 Å². The van der Waals surface area contributed by atoms with Crippen molar-refractivity contribution in [1.82, 2.24) is 5.32 Å². The number of carbonyl (C=O) groups excluding carboxylic acids is 2. The van der Waals surface area contributed by atoms with E-state index in [-0.39, 0.29) is 18.3 Å². The SMILES string of the molecule is CCOC(=O)CCCc1ccc(/C(C)=N\N=C2\NC(=O)C(CC(=O)O)S2)cc1. The van der Waals surface area contributed by atoms with Gasteiger partial charge in [-0.15, -0.1) is 5.10 Å². The van der Waals surface area contributed by atoms with Crippen LogP contribution in [0.2, 0.25) is 0 Å². The molecule has 1 aliphatic heterocycles. The van der Waals surface area contributed by atoms with Gasteiger partial charge >= 0.3 is 11.9 Å². The summed E-state index contributed by atoms with van der Waals surface area (Å²) >= 11 is 1.07. The summed E-state index contributed by atoms with van der Waals surface area (Å²) in [4.78, 5) is 33.8. The second-order valence-corrected chi connectivity index (χ2v) is 7.33. The molecule has 28 heavy (non-hydrogen) atoms. The molecule has 1 amide bonds. The Bertz CT molecular complexity index is 789. The second kappa shape index (κ2) is 10.6. The molecule has 1 fully saturated rings. The lowest BCUT2D eigenvalue weighted by molar-refractivity contribution is -0.143. The number of nitrogens with zero attached hydrogens (tertiary/aromatic N) is 2. The summed E-state index contributed by atoms with van der Waals surface area (Å²) in [5, 5.41) is 19.1. The summed E-state index contributed by atoms with van der Waals surface area (Å²) in [5.74, 6) is -1.58. The van der Waals surface area contributed by atoms with Crippen molar-refractivity contribution in [3.05, 3.63) is 35.4 Å². The maximum Gasteiger partial charge on any atom is 0.305 e. The summed E-state index contributed by atoms with van der Waals surface area (Å²) in [6.45, 7) is 3.99. The van der Waals surface area contributed by atoms with Crippen molar-refractivity contribution in [1.29, 1.82) is 0 Å². The van der Waals surface area contributed by atoms with Gasteiger partial charge in [0.05, 0.1) is 18.7 Å². The Morgan fingerprint density at radius 2 is 2.00 bits per heavy atom. The van der Waals surface area contributed by atoms with E-state index in [1.807, 2.05) is 24.3 Å². The summed E-state index contributed by atoms with van der Waals surface area (Å²) in [7, 11) is 0. The fourth-order valence-electron chi connectivity index (χ4n) is 2.51. The molecule has 1 atom stereocenters. The van der Waals surface area contributed by atoms with Gasteiger partial charge in [0.15, 0.2) is 5.17 Å². The fraction of sp³-hybridized carbons (Fsp3) is 0.421. The van der Waals surface area contributed by atoms with Gasteiger partial charge in [-0.05, 0) is 37.8 Å². The van der Waals surface area contributed by atoms with Crippen LogP contribution < -0.4 is 5.32 Å². The third-order valence-corrected chi connectivity index (χ3v) is 5.02. The van der Waals surface area contributed by atoms with Gasteiger partial charge < -0.3 is 15.2 Å². The number of esters is 1. The van der Waals surface area contributed by atoms with Crippen LogP contribution in [0.5, 0.6) is 0 Å². The minimum atomic E-state index is -1.03. The average molecular weight is 405 g/mol. The van der Waals surface area contributed by atoms with Gasteiger partial charge in [-0.2, -0.15) is 5.10 Å². The van der Waals surface area contributed by atoms with Crippen LogP contribution >= 0.6 is 11.8 Å². The second-order valence-electron chi connectivity index (χ2n) is 6.14. The molecule has 0 aliphatic carbocycles. The van der Waals surface area contributed by atoms with E-state index < -0.39 is 11.2 Å². The smallest absolute Gasteiger partial charge is 0.305 e.